The lowest BCUT2D eigenvalue weighted by Crippen LogP contribution is -2.31. The first kappa shape index (κ1) is 22.2. The van der Waals surface area contributed by atoms with E-state index >= 15 is 0 Å². The lowest BCUT2D eigenvalue weighted by Gasteiger charge is -2.20. The molecule has 2 aromatic carbocycles. The molecule has 0 atom stereocenters. The maximum absolute atomic E-state index is 12.8. The van der Waals surface area contributed by atoms with E-state index in [0.29, 0.717) is 35.9 Å². The van der Waals surface area contributed by atoms with Crippen LogP contribution in [0.3, 0.4) is 0 Å². The van der Waals surface area contributed by atoms with Gasteiger partial charge >= 0.3 is 0 Å². The smallest absolute Gasteiger partial charge is 0.243 e. The highest BCUT2D eigenvalue weighted by molar-refractivity contribution is 7.89. The van der Waals surface area contributed by atoms with Crippen LogP contribution in [0.4, 0.5) is 5.69 Å². The Morgan fingerprint density at radius 2 is 1.71 bits per heavy atom. The molecule has 0 fully saturated rings. The highest BCUT2D eigenvalue weighted by Crippen LogP contribution is 2.23. The molecular weight excluding hydrogens is 398 g/mol. The fourth-order valence-electron chi connectivity index (χ4n) is 2.74. The number of nitrogens with one attached hydrogen (secondary N) is 2. The molecule has 0 saturated carbocycles. The average molecular weight is 424 g/mol. The Labute approximate surface area is 171 Å². The Balaban J connectivity index is 2.01. The highest BCUT2D eigenvalue weighted by Gasteiger charge is 2.23. The van der Waals surface area contributed by atoms with Crippen LogP contribution < -0.4 is 10.6 Å². The van der Waals surface area contributed by atoms with Crippen molar-refractivity contribution in [1.29, 1.82) is 0 Å². The zero-order chi connectivity index (χ0) is 20.7. The second kappa shape index (κ2) is 9.91. The van der Waals surface area contributed by atoms with E-state index in [-0.39, 0.29) is 17.3 Å². The van der Waals surface area contributed by atoms with Crippen LogP contribution >= 0.6 is 11.6 Å². The molecule has 0 saturated heterocycles. The van der Waals surface area contributed by atoms with Crippen LogP contribution in [-0.2, 0) is 21.4 Å². The summed E-state index contributed by atoms with van der Waals surface area (Å²) in [6.45, 7) is 6.63. The number of carbonyl (C=O) groups excluding carboxylic acids is 1. The van der Waals surface area contributed by atoms with E-state index in [2.05, 4.69) is 10.6 Å². The molecule has 0 heterocycles. The van der Waals surface area contributed by atoms with Gasteiger partial charge in [-0.15, -0.1) is 0 Å². The Morgan fingerprint density at radius 1 is 1.07 bits per heavy atom. The van der Waals surface area contributed by atoms with Gasteiger partial charge in [0.1, 0.15) is 0 Å². The number of sulfonamides is 1. The zero-order valence-corrected chi connectivity index (χ0v) is 17.9. The Hall–Kier alpha value is -2.09. The summed E-state index contributed by atoms with van der Waals surface area (Å²) >= 11 is 5.84. The lowest BCUT2D eigenvalue weighted by atomic mass is 10.2. The van der Waals surface area contributed by atoms with Crippen molar-refractivity contribution in [2.45, 2.75) is 32.2 Å². The summed E-state index contributed by atoms with van der Waals surface area (Å²) in [5, 5.41) is 6.44. The number of benzene rings is 2. The molecule has 2 aromatic rings. The van der Waals surface area contributed by atoms with Crippen molar-refractivity contribution in [2.24, 2.45) is 0 Å². The van der Waals surface area contributed by atoms with E-state index in [1.807, 2.05) is 26.0 Å². The highest BCUT2D eigenvalue weighted by atomic mass is 35.5. The van der Waals surface area contributed by atoms with Gasteiger partial charge in [0.15, 0.2) is 0 Å². The van der Waals surface area contributed by atoms with E-state index in [1.165, 1.54) is 4.31 Å². The minimum Gasteiger partial charge on any atom is -0.376 e. The summed E-state index contributed by atoms with van der Waals surface area (Å²) in [6, 6.07) is 12.3. The number of rotatable bonds is 9. The molecular formula is C20H26ClN3O3S. The first-order chi connectivity index (χ1) is 13.3. The Morgan fingerprint density at radius 3 is 2.32 bits per heavy atom. The van der Waals surface area contributed by atoms with Gasteiger partial charge in [-0.1, -0.05) is 43.6 Å². The van der Waals surface area contributed by atoms with Crippen LogP contribution in [-0.4, -0.2) is 38.3 Å². The lowest BCUT2D eigenvalue weighted by molar-refractivity contribution is -0.119. The molecule has 0 spiro atoms. The van der Waals surface area contributed by atoms with Crippen molar-refractivity contribution in [3.8, 4) is 0 Å². The molecule has 0 aliphatic carbocycles. The summed E-state index contributed by atoms with van der Waals surface area (Å²) in [5.41, 5.74) is 2.20. The topological polar surface area (TPSA) is 78.5 Å². The molecule has 8 heteroatoms. The van der Waals surface area contributed by atoms with Crippen molar-refractivity contribution in [2.75, 3.05) is 25.0 Å². The SMILES string of the molecule is CCN(CC)S(=O)(=O)c1cc(NCC(=O)NCc2ccc(Cl)cc2)ccc1C. The molecule has 6 nitrogen and oxygen atoms in total. The fraction of sp³-hybridized carbons (Fsp3) is 0.350. The molecule has 152 valence electrons. The second-order valence-electron chi connectivity index (χ2n) is 6.33. The summed E-state index contributed by atoms with van der Waals surface area (Å²) in [4.78, 5) is 12.3. The van der Waals surface area contributed by atoms with Crippen molar-refractivity contribution in [3.05, 3.63) is 58.6 Å². The van der Waals surface area contributed by atoms with Crippen LogP contribution in [0.2, 0.25) is 5.02 Å². The number of anilines is 1. The van der Waals surface area contributed by atoms with Crippen LogP contribution in [0.15, 0.2) is 47.4 Å². The number of hydrogen-bond donors (Lipinski definition) is 2. The standard InChI is InChI=1S/C20H26ClN3O3S/c1-4-24(5-2)28(26,27)19-12-18(11-6-15(19)3)22-14-20(25)23-13-16-7-9-17(21)10-8-16/h6-12,22H,4-5,13-14H2,1-3H3,(H,23,25). The van der Waals surface area contributed by atoms with E-state index in [0.717, 1.165) is 5.56 Å². The summed E-state index contributed by atoms with van der Waals surface area (Å²) in [6.07, 6.45) is 0. The normalized spacial score (nSPS) is 11.5. The van der Waals surface area contributed by atoms with Crippen molar-refractivity contribution in [3.63, 3.8) is 0 Å². The van der Waals surface area contributed by atoms with Crippen molar-refractivity contribution < 1.29 is 13.2 Å². The number of nitrogens with zero attached hydrogens (tertiary/aromatic N) is 1. The van der Waals surface area contributed by atoms with Gasteiger partial charge in [0.25, 0.3) is 0 Å². The van der Waals surface area contributed by atoms with Crippen LogP contribution in [0.5, 0.6) is 0 Å². The third-order valence-electron chi connectivity index (χ3n) is 4.37. The number of amides is 1. The molecule has 0 aliphatic heterocycles. The Kier molecular flexibility index (Phi) is 7.86. The summed E-state index contributed by atoms with van der Waals surface area (Å²) in [5.74, 6) is -0.191. The van der Waals surface area contributed by atoms with E-state index < -0.39 is 10.0 Å². The quantitative estimate of drug-likeness (QED) is 0.647. The van der Waals surface area contributed by atoms with E-state index in [4.69, 9.17) is 11.6 Å². The van der Waals surface area contributed by atoms with Crippen molar-refractivity contribution >= 4 is 33.2 Å². The zero-order valence-electron chi connectivity index (χ0n) is 16.3. The number of aryl methyl sites for hydroxylation is 1. The maximum Gasteiger partial charge on any atom is 0.243 e. The largest absolute Gasteiger partial charge is 0.376 e. The molecule has 28 heavy (non-hydrogen) atoms. The van der Waals surface area contributed by atoms with Gasteiger partial charge in [-0.05, 0) is 42.3 Å². The third kappa shape index (κ3) is 5.70. The molecule has 1 amide bonds. The number of carbonyl (C=O) groups is 1. The van der Waals surface area contributed by atoms with E-state index in [1.54, 1.807) is 37.3 Å². The van der Waals surface area contributed by atoms with Crippen LogP contribution in [0.25, 0.3) is 0 Å². The third-order valence-corrected chi connectivity index (χ3v) is 6.81. The van der Waals surface area contributed by atoms with Gasteiger partial charge in [0.2, 0.25) is 15.9 Å². The van der Waals surface area contributed by atoms with E-state index in [9.17, 15) is 13.2 Å². The summed E-state index contributed by atoms with van der Waals surface area (Å²) < 4.78 is 27.0. The molecule has 0 radical (unpaired) electrons. The molecule has 2 rings (SSSR count). The first-order valence-electron chi connectivity index (χ1n) is 9.13. The predicted molar refractivity (Wildman–Crippen MR) is 113 cm³/mol. The van der Waals surface area contributed by atoms with Gasteiger partial charge in [-0.3, -0.25) is 4.79 Å². The number of halogens is 1. The molecule has 0 aromatic heterocycles. The minimum atomic E-state index is -3.56. The maximum atomic E-state index is 12.8. The average Bonchev–Trinajstić information content (AvgIpc) is 2.67. The summed E-state index contributed by atoms with van der Waals surface area (Å²) in [7, 11) is -3.56. The molecule has 2 N–H and O–H groups in total. The van der Waals surface area contributed by atoms with Gasteiger partial charge in [0, 0.05) is 30.3 Å². The van der Waals surface area contributed by atoms with Gasteiger partial charge in [-0.25, -0.2) is 8.42 Å². The number of hydrogen-bond acceptors (Lipinski definition) is 4. The monoisotopic (exact) mass is 423 g/mol. The fourth-order valence-corrected chi connectivity index (χ4v) is 4.57. The molecule has 0 bridgehead atoms. The van der Waals surface area contributed by atoms with Crippen LogP contribution in [0, 0.1) is 6.92 Å². The second-order valence-corrected chi connectivity index (χ2v) is 8.67. The minimum absolute atomic E-state index is 0.0431. The Bertz CT molecular complexity index is 911. The van der Waals surface area contributed by atoms with Gasteiger partial charge in [-0.2, -0.15) is 4.31 Å². The van der Waals surface area contributed by atoms with Crippen LogP contribution in [0.1, 0.15) is 25.0 Å². The first-order valence-corrected chi connectivity index (χ1v) is 11.0. The molecule has 0 unspecified atom stereocenters. The predicted octanol–water partition coefficient (Wildman–Crippen LogP) is 3.41. The van der Waals surface area contributed by atoms with Gasteiger partial charge < -0.3 is 10.6 Å². The van der Waals surface area contributed by atoms with Gasteiger partial charge in [0.05, 0.1) is 11.4 Å². The molecule has 0 aliphatic rings. The van der Waals surface area contributed by atoms with Crippen molar-refractivity contribution in [1.82, 2.24) is 9.62 Å².